The molecule has 2 aromatic carbocycles. The molecule has 2 heterocycles. The smallest absolute Gasteiger partial charge is 0.255 e. The van der Waals surface area contributed by atoms with Crippen LogP contribution < -0.4 is 14.8 Å². The van der Waals surface area contributed by atoms with Gasteiger partial charge >= 0.3 is 0 Å². The van der Waals surface area contributed by atoms with E-state index in [0.29, 0.717) is 17.9 Å². The second-order valence-corrected chi connectivity index (χ2v) is 6.83. The average molecular weight is 414 g/mol. The van der Waals surface area contributed by atoms with Gasteiger partial charge in [0.05, 0.1) is 36.4 Å². The molecule has 0 aliphatic carbocycles. The Morgan fingerprint density at radius 2 is 1.90 bits per heavy atom. The lowest BCUT2D eigenvalue weighted by atomic mass is 10.1. The summed E-state index contributed by atoms with van der Waals surface area (Å²) in [6.07, 6.45) is 7.29. The largest absolute Gasteiger partial charge is 0.497 e. The molecule has 0 unspecified atom stereocenters. The number of methoxy groups -OCH3 is 2. The number of carbonyl (C=O) groups is 1. The first-order valence-corrected chi connectivity index (χ1v) is 9.74. The molecule has 0 saturated heterocycles. The lowest BCUT2D eigenvalue weighted by molar-refractivity contribution is 0.0948. The van der Waals surface area contributed by atoms with Gasteiger partial charge in [-0.3, -0.25) is 14.9 Å². The summed E-state index contributed by atoms with van der Waals surface area (Å²) in [4.78, 5) is 16.9. The third-order valence-electron chi connectivity index (χ3n) is 4.88. The number of rotatable bonds is 7. The minimum absolute atomic E-state index is 0.228. The van der Waals surface area contributed by atoms with Crippen LogP contribution in [0.2, 0.25) is 0 Å². The van der Waals surface area contributed by atoms with Crippen molar-refractivity contribution < 1.29 is 14.3 Å². The minimum Gasteiger partial charge on any atom is -0.497 e. The number of amides is 1. The molecule has 0 aliphatic rings. The van der Waals surface area contributed by atoms with Crippen molar-refractivity contribution in [3.63, 3.8) is 0 Å². The van der Waals surface area contributed by atoms with Crippen molar-refractivity contribution in [2.24, 2.45) is 0 Å². The van der Waals surface area contributed by atoms with Gasteiger partial charge in [0.15, 0.2) is 0 Å². The number of H-pyrrole nitrogens is 1. The number of nitrogens with zero attached hydrogens (tertiary/aromatic N) is 2. The zero-order valence-electron chi connectivity index (χ0n) is 17.3. The van der Waals surface area contributed by atoms with Gasteiger partial charge in [-0.05, 0) is 47.5 Å². The monoisotopic (exact) mass is 414 g/mol. The lowest BCUT2D eigenvalue weighted by Gasteiger charge is -2.11. The first-order chi connectivity index (χ1) is 15.2. The van der Waals surface area contributed by atoms with Crippen LogP contribution in [0.3, 0.4) is 0 Å². The number of fused-ring (bicyclic) bond motifs is 1. The van der Waals surface area contributed by atoms with Crippen LogP contribution in [0, 0.1) is 0 Å². The highest BCUT2D eigenvalue weighted by Gasteiger charge is 2.18. The summed E-state index contributed by atoms with van der Waals surface area (Å²) in [5.41, 5.74) is 3.84. The van der Waals surface area contributed by atoms with E-state index in [1.165, 1.54) is 0 Å². The third-order valence-corrected chi connectivity index (χ3v) is 4.88. The fraction of sp³-hybridized carbons (Fsp3) is 0.125. The van der Waals surface area contributed by atoms with E-state index in [1.807, 2.05) is 48.6 Å². The second kappa shape index (κ2) is 9.13. The van der Waals surface area contributed by atoms with Crippen molar-refractivity contribution in [1.29, 1.82) is 0 Å². The Balaban J connectivity index is 1.62. The molecule has 31 heavy (non-hydrogen) atoms. The molecule has 1 amide bonds. The number of hydrogen-bond donors (Lipinski definition) is 2. The van der Waals surface area contributed by atoms with E-state index in [2.05, 4.69) is 20.5 Å². The van der Waals surface area contributed by atoms with Gasteiger partial charge in [0.2, 0.25) is 0 Å². The molecule has 2 aromatic heterocycles. The summed E-state index contributed by atoms with van der Waals surface area (Å²) in [6.45, 7) is 0.378. The molecule has 0 spiro atoms. The van der Waals surface area contributed by atoms with E-state index in [4.69, 9.17) is 9.47 Å². The molecule has 0 aliphatic heterocycles. The Hall–Kier alpha value is -4.13. The number of pyridine rings is 1. The second-order valence-electron chi connectivity index (χ2n) is 6.83. The molecule has 7 heteroatoms. The van der Waals surface area contributed by atoms with E-state index in [-0.39, 0.29) is 5.91 Å². The highest BCUT2D eigenvalue weighted by atomic mass is 16.5. The highest BCUT2D eigenvalue weighted by molar-refractivity contribution is 6.05. The first kappa shape index (κ1) is 20.2. The molecule has 0 atom stereocenters. The summed E-state index contributed by atoms with van der Waals surface area (Å²) < 4.78 is 10.8. The van der Waals surface area contributed by atoms with Crippen molar-refractivity contribution in [3.8, 4) is 11.5 Å². The number of benzene rings is 2. The van der Waals surface area contributed by atoms with Crippen LogP contribution in [-0.4, -0.2) is 35.3 Å². The molecule has 2 N–H and O–H groups in total. The number of ether oxygens (including phenoxy) is 2. The summed E-state index contributed by atoms with van der Waals surface area (Å²) in [7, 11) is 3.19. The van der Waals surface area contributed by atoms with Gasteiger partial charge in [-0.15, -0.1) is 0 Å². The highest BCUT2D eigenvalue weighted by Crippen LogP contribution is 2.32. The van der Waals surface area contributed by atoms with Gasteiger partial charge in [0.1, 0.15) is 11.5 Å². The Morgan fingerprint density at radius 1 is 1.06 bits per heavy atom. The molecule has 0 bridgehead atoms. The van der Waals surface area contributed by atoms with E-state index >= 15 is 0 Å². The van der Waals surface area contributed by atoms with Crippen molar-refractivity contribution in [3.05, 3.63) is 83.3 Å². The Bertz CT molecular complexity index is 1220. The molecule has 0 radical (unpaired) electrons. The van der Waals surface area contributed by atoms with E-state index in [0.717, 1.165) is 33.5 Å². The number of aromatic amines is 1. The van der Waals surface area contributed by atoms with Crippen LogP contribution in [0.5, 0.6) is 11.5 Å². The predicted octanol–water partition coefficient (Wildman–Crippen LogP) is 4.08. The zero-order valence-corrected chi connectivity index (χ0v) is 17.3. The van der Waals surface area contributed by atoms with Gasteiger partial charge in [-0.25, -0.2) is 0 Å². The number of nitrogens with one attached hydrogen (secondary N) is 2. The standard InChI is InChI=1S/C24H22N4O3/c1-30-18-8-5-16(6-9-18)7-11-20-22-21(28-27-20)12-10-19(23(22)31-2)24(29)26-15-17-4-3-13-25-14-17/h3-14H,15H2,1-2H3,(H,26,29)(H,27,28)/b11-7+. The molecule has 4 aromatic rings. The molecule has 4 rings (SSSR count). The topological polar surface area (TPSA) is 89.1 Å². The van der Waals surface area contributed by atoms with Gasteiger partial charge in [-0.1, -0.05) is 24.3 Å². The van der Waals surface area contributed by atoms with Crippen molar-refractivity contribution in [2.45, 2.75) is 6.54 Å². The van der Waals surface area contributed by atoms with E-state index in [9.17, 15) is 4.79 Å². The van der Waals surface area contributed by atoms with Crippen molar-refractivity contribution in [2.75, 3.05) is 14.2 Å². The maximum atomic E-state index is 12.8. The van der Waals surface area contributed by atoms with Gasteiger partial charge in [0, 0.05) is 18.9 Å². The molecule has 0 saturated carbocycles. The van der Waals surface area contributed by atoms with Crippen LogP contribution in [0.25, 0.3) is 23.1 Å². The van der Waals surface area contributed by atoms with E-state index < -0.39 is 0 Å². The maximum Gasteiger partial charge on any atom is 0.255 e. The number of carbonyl (C=O) groups excluding carboxylic acids is 1. The summed E-state index contributed by atoms with van der Waals surface area (Å²) in [6, 6.07) is 15.0. The Kier molecular flexibility index (Phi) is 5.93. The van der Waals surface area contributed by atoms with Gasteiger partial charge in [0.25, 0.3) is 5.91 Å². The van der Waals surface area contributed by atoms with Crippen LogP contribution in [0.4, 0.5) is 0 Å². The lowest BCUT2D eigenvalue weighted by Crippen LogP contribution is -2.23. The quantitative estimate of drug-likeness (QED) is 0.476. The van der Waals surface area contributed by atoms with Crippen LogP contribution in [0.15, 0.2) is 60.9 Å². The molecule has 0 fully saturated rings. The summed E-state index contributed by atoms with van der Waals surface area (Å²) >= 11 is 0. The Morgan fingerprint density at radius 3 is 2.61 bits per heavy atom. The number of hydrogen-bond acceptors (Lipinski definition) is 5. The first-order valence-electron chi connectivity index (χ1n) is 9.74. The summed E-state index contributed by atoms with van der Waals surface area (Å²) in [5, 5.41) is 11.0. The fourth-order valence-corrected chi connectivity index (χ4v) is 3.29. The molecule has 7 nitrogen and oxygen atoms in total. The fourth-order valence-electron chi connectivity index (χ4n) is 3.29. The molecular formula is C24H22N4O3. The normalized spacial score (nSPS) is 11.0. The maximum absolute atomic E-state index is 12.8. The van der Waals surface area contributed by atoms with Gasteiger partial charge < -0.3 is 14.8 Å². The predicted molar refractivity (Wildman–Crippen MR) is 120 cm³/mol. The third kappa shape index (κ3) is 4.40. The van der Waals surface area contributed by atoms with Crippen LogP contribution >= 0.6 is 0 Å². The van der Waals surface area contributed by atoms with Crippen molar-refractivity contribution in [1.82, 2.24) is 20.5 Å². The summed E-state index contributed by atoms with van der Waals surface area (Å²) in [5.74, 6) is 1.05. The number of aromatic nitrogens is 3. The zero-order chi connectivity index (χ0) is 21.6. The molecule has 156 valence electrons. The Labute approximate surface area is 179 Å². The average Bonchev–Trinajstić information content (AvgIpc) is 3.24. The molecular weight excluding hydrogens is 392 g/mol. The van der Waals surface area contributed by atoms with Gasteiger partial charge in [-0.2, -0.15) is 5.10 Å². The minimum atomic E-state index is -0.228. The van der Waals surface area contributed by atoms with Crippen LogP contribution in [-0.2, 0) is 6.54 Å². The van der Waals surface area contributed by atoms with Crippen LogP contribution in [0.1, 0.15) is 27.2 Å². The van der Waals surface area contributed by atoms with E-state index in [1.54, 1.807) is 38.7 Å². The van der Waals surface area contributed by atoms with Crippen molar-refractivity contribution >= 4 is 29.0 Å². The SMILES string of the molecule is COc1ccc(/C=C/c2[nH]nc3ccc(C(=O)NCc4cccnc4)c(OC)c23)cc1.